The third-order valence-corrected chi connectivity index (χ3v) is 4.71. The summed E-state index contributed by atoms with van der Waals surface area (Å²) in [5.74, 6) is -0.327. The van der Waals surface area contributed by atoms with E-state index in [1.807, 2.05) is 12.1 Å². The van der Waals surface area contributed by atoms with Crippen molar-refractivity contribution >= 4 is 46.4 Å². The highest BCUT2D eigenvalue weighted by atomic mass is 35.5. The minimum atomic E-state index is -0.496. The first kappa shape index (κ1) is 17.6. The lowest BCUT2D eigenvalue weighted by Gasteiger charge is -2.19. The van der Waals surface area contributed by atoms with Crippen molar-refractivity contribution in [2.45, 2.75) is 6.42 Å². The fourth-order valence-electron chi connectivity index (χ4n) is 2.81. The number of carbonyl (C=O) groups excluding carboxylic acids is 2. The van der Waals surface area contributed by atoms with E-state index in [0.717, 1.165) is 0 Å². The monoisotopic (exact) mass is 378 g/mol. The lowest BCUT2D eigenvalue weighted by Crippen LogP contribution is -2.28. The van der Waals surface area contributed by atoms with Crippen LogP contribution >= 0.6 is 23.2 Å². The fraction of sp³-hybridized carbons (Fsp3) is 0.222. The standard InChI is InChI=1S/C18H16Cl2N2O3/c1-25-15-8-3-2-7-14(15)22-10-11(9-16(22)23)18(24)21-17-12(19)5-4-6-13(17)20/h2-8,11H,9-10H2,1H3,(H,21,24). The maximum absolute atomic E-state index is 12.6. The summed E-state index contributed by atoms with van der Waals surface area (Å²) in [6.07, 6.45) is 0.117. The molecular formula is C18H16Cl2N2O3. The average Bonchev–Trinajstić information content (AvgIpc) is 3.00. The quantitative estimate of drug-likeness (QED) is 0.874. The van der Waals surface area contributed by atoms with Gasteiger partial charge >= 0.3 is 0 Å². The molecule has 3 rings (SSSR count). The van der Waals surface area contributed by atoms with Crippen molar-refractivity contribution in [1.29, 1.82) is 0 Å². The Morgan fingerprint density at radius 2 is 1.84 bits per heavy atom. The molecular weight excluding hydrogens is 363 g/mol. The van der Waals surface area contributed by atoms with Gasteiger partial charge in [0.05, 0.1) is 34.4 Å². The Morgan fingerprint density at radius 1 is 1.16 bits per heavy atom. The van der Waals surface area contributed by atoms with Gasteiger partial charge in [-0.25, -0.2) is 0 Å². The van der Waals surface area contributed by atoms with Gasteiger partial charge in [0.2, 0.25) is 11.8 Å². The van der Waals surface area contributed by atoms with Crippen LogP contribution in [0.2, 0.25) is 10.0 Å². The van der Waals surface area contributed by atoms with E-state index in [1.165, 1.54) is 0 Å². The Kier molecular flexibility index (Phi) is 5.16. The van der Waals surface area contributed by atoms with E-state index in [4.69, 9.17) is 27.9 Å². The fourth-order valence-corrected chi connectivity index (χ4v) is 3.30. The number of hydrogen-bond acceptors (Lipinski definition) is 3. The number of benzene rings is 2. The molecule has 2 amide bonds. The highest BCUT2D eigenvalue weighted by Crippen LogP contribution is 2.34. The molecule has 0 bridgehead atoms. The Hall–Kier alpha value is -2.24. The topological polar surface area (TPSA) is 58.6 Å². The van der Waals surface area contributed by atoms with Crippen molar-refractivity contribution in [1.82, 2.24) is 0 Å². The van der Waals surface area contributed by atoms with Gasteiger partial charge in [-0.3, -0.25) is 9.59 Å². The molecule has 25 heavy (non-hydrogen) atoms. The van der Waals surface area contributed by atoms with Gasteiger partial charge in [-0.05, 0) is 24.3 Å². The van der Waals surface area contributed by atoms with Crippen molar-refractivity contribution in [3.8, 4) is 5.75 Å². The van der Waals surface area contributed by atoms with Crippen LogP contribution in [0.3, 0.4) is 0 Å². The SMILES string of the molecule is COc1ccccc1N1CC(C(=O)Nc2c(Cl)cccc2Cl)CC1=O. The maximum Gasteiger partial charge on any atom is 0.229 e. The van der Waals surface area contributed by atoms with Gasteiger partial charge in [-0.1, -0.05) is 41.4 Å². The summed E-state index contributed by atoms with van der Waals surface area (Å²) >= 11 is 12.2. The van der Waals surface area contributed by atoms with E-state index in [9.17, 15) is 9.59 Å². The van der Waals surface area contributed by atoms with Crippen LogP contribution in [-0.2, 0) is 9.59 Å². The summed E-state index contributed by atoms with van der Waals surface area (Å²) in [4.78, 5) is 26.5. The second kappa shape index (κ2) is 7.33. The second-order valence-electron chi connectivity index (χ2n) is 5.66. The second-order valence-corrected chi connectivity index (χ2v) is 6.48. The van der Waals surface area contributed by atoms with E-state index in [1.54, 1.807) is 42.3 Å². The molecule has 5 nitrogen and oxygen atoms in total. The normalized spacial score (nSPS) is 16.8. The molecule has 0 aromatic heterocycles. The van der Waals surface area contributed by atoms with Crippen molar-refractivity contribution in [2.24, 2.45) is 5.92 Å². The summed E-state index contributed by atoms with van der Waals surface area (Å²) in [5, 5.41) is 3.44. The molecule has 1 heterocycles. The molecule has 0 radical (unpaired) electrons. The van der Waals surface area contributed by atoms with Crippen LogP contribution in [0.1, 0.15) is 6.42 Å². The summed E-state index contributed by atoms with van der Waals surface area (Å²) in [6.45, 7) is 0.271. The van der Waals surface area contributed by atoms with Gasteiger partial charge in [0.15, 0.2) is 0 Å². The Morgan fingerprint density at radius 3 is 2.52 bits per heavy atom. The zero-order valence-electron chi connectivity index (χ0n) is 13.5. The molecule has 0 saturated carbocycles. The summed E-state index contributed by atoms with van der Waals surface area (Å²) < 4.78 is 5.30. The Labute approximate surface area is 155 Å². The van der Waals surface area contributed by atoms with Gasteiger partial charge in [0.25, 0.3) is 0 Å². The van der Waals surface area contributed by atoms with Gasteiger partial charge in [-0.2, -0.15) is 0 Å². The van der Waals surface area contributed by atoms with E-state index >= 15 is 0 Å². The highest BCUT2D eigenvalue weighted by molar-refractivity contribution is 6.39. The maximum atomic E-state index is 12.6. The Balaban J connectivity index is 1.77. The average molecular weight is 379 g/mol. The lowest BCUT2D eigenvalue weighted by molar-refractivity contribution is -0.122. The van der Waals surface area contributed by atoms with Crippen LogP contribution in [0.5, 0.6) is 5.75 Å². The first-order chi connectivity index (χ1) is 12.0. The molecule has 0 aliphatic carbocycles. The smallest absolute Gasteiger partial charge is 0.229 e. The zero-order chi connectivity index (χ0) is 18.0. The molecule has 1 fully saturated rings. The number of nitrogens with one attached hydrogen (secondary N) is 1. The molecule has 2 aromatic rings. The molecule has 130 valence electrons. The van der Waals surface area contributed by atoms with Gasteiger partial charge in [-0.15, -0.1) is 0 Å². The van der Waals surface area contributed by atoms with Crippen LogP contribution in [0.25, 0.3) is 0 Å². The van der Waals surface area contributed by atoms with E-state index in [-0.39, 0.29) is 24.8 Å². The molecule has 1 atom stereocenters. The van der Waals surface area contributed by atoms with E-state index in [0.29, 0.717) is 27.2 Å². The highest BCUT2D eigenvalue weighted by Gasteiger charge is 2.36. The lowest BCUT2D eigenvalue weighted by atomic mass is 10.1. The van der Waals surface area contributed by atoms with E-state index in [2.05, 4.69) is 5.32 Å². The van der Waals surface area contributed by atoms with Crippen molar-refractivity contribution in [2.75, 3.05) is 23.9 Å². The van der Waals surface area contributed by atoms with Gasteiger partial charge < -0.3 is 15.0 Å². The molecule has 1 saturated heterocycles. The number of para-hydroxylation sites is 3. The van der Waals surface area contributed by atoms with Gasteiger partial charge in [0.1, 0.15) is 5.75 Å². The van der Waals surface area contributed by atoms with Crippen molar-refractivity contribution in [3.05, 3.63) is 52.5 Å². The predicted molar refractivity (Wildman–Crippen MR) is 98.5 cm³/mol. The molecule has 0 spiro atoms. The molecule has 1 aliphatic heterocycles. The molecule has 1 unspecified atom stereocenters. The summed E-state index contributed by atoms with van der Waals surface area (Å²) in [7, 11) is 1.54. The Bertz CT molecular complexity index is 805. The van der Waals surface area contributed by atoms with Crippen molar-refractivity contribution < 1.29 is 14.3 Å². The number of hydrogen-bond donors (Lipinski definition) is 1. The predicted octanol–water partition coefficient (Wildman–Crippen LogP) is 3.99. The third-order valence-electron chi connectivity index (χ3n) is 4.08. The minimum Gasteiger partial charge on any atom is -0.495 e. The summed E-state index contributed by atoms with van der Waals surface area (Å²) in [6, 6.07) is 12.2. The number of methoxy groups -OCH3 is 1. The number of halogens is 2. The molecule has 7 heteroatoms. The van der Waals surface area contributed by atoms with Crippen LogP contribution < -0.4 is 15.0 Å². The molecule has 2 aromatic carbocycles. The van der Waals surface area contributed by atoms with Crippen LogP contribution in [0, 0.1) is 5.92 Å². The number of anilines is 2. The third kappa shape index (κ3) is 3.57. The first-order valence-corrected chi connectivity index (χ1v) is 8.45. The van der Waals surface area contributed by atoms with E-state index < -0.39 is 5.92 Å². The largest absolute Gasteiger partial charge is 0.495 e. The van der Waals surface area contributed by atoms with Crippen LogP contribution in [-0.4, -0.2) is 25.5 Å². The number of nitrogens with zero attached hydrogens (tertiary/aromatic N) is 1. The number of carbonyl (C=O) groups is 2. The molecule has 1 N–H and O–H groups in total. The number of rotatable bonds is 4. The van der Waals surface area contributed by atoms with Crippen LogP contribution in [0.4, 0.5) is 11.4 Å². The van der Waals surface area contributed by atoms with Crippen LogP contribution in [0.15, 0.2) is 42.5 Å². The van der Waals surface area contributed by atoms with Gasteiger partial charge in [0, 0.05) is 13.0 Å². The first-order valence-electron chi connectivity index (χ1n) is 7.69. The minimum absolute atomic E-state index is 0.117. The summed E-state index contributed by atoms with van der Waals surface area (Å²) in [5.41, 5.74) is 1.01. The number of ether oxygens (including phenoxy) is 1. The molecule has 1 aliphatic rings. The van der Waals surface area contributed by atoms with Crippen molar-refractivity contribution in [3.63, 3.8) is 0 Å². The zero-order valence-corrected chi connectivity index (χ0v) is 15.0. The number of amides is 2.